The SMILES string of the molecule is CC[C@@H](C)NCC(=O)N1CCc2sccc2[C@H]1c1ccc(F)cc1. The summed E-state index contributed by atoms with van der Waals surface area (Å²) in [7, 11) is 0. The van der Waals surface area contributed by atoms with Gasteiger partial charge < -0.3 is 10.2 Å². The number of halogens is 1. The van der Waals surface area contributed by atoms with Crippen molar-refractivity contribution in [1.82, 2.24) is 10.2 Å². The molecule has 0 saturated carbocycles. The average Bonchev–Trinajstić information content (AvgIpc) is 3.08. The molecule has 0 aliphatic carbocycles. The fourth-order valence-corrected chi connectivity index (χ4v) is 4.00. The Hall–Kier alpha value is -1.72. The van der Waals surface area contributed by atoms with Gasteiger partial charge in [0.15, 0.2) is 0 Å². The Kier molecular flexibility index (Phi) is 5.31. The smallest absolute Gasteiger partial charge is 0.237 e. The van der Waals surface area contributed by atoms with Gasteiger partial charge in [-0.3, -0.25) is 4.79 Å². The van der Waals surface area contributed by atoms with Gasteiger partial charge in [0.05, 0.1) is 12.6 Å². The number of carbonyl (C=O) groups excluding carboxylic acids is 1. The number of nitrogens with zero attached hydrogens (tertiary/aromatic N) is 1. The summed E-state index contributed by atoms with van der Waals surface area (Å²) in [6.45, 7) is 5.22. The zero-order chi connectivity index (χ0) is 17.1. The predicted molar refractivity (Wildman–Crippen MR) is 95.7 cm³/mol. The molecule has 0 bridgehead atoms. The molecule has 0 saturated heterocycles. The fraction of sp³-hybridized carbons (Fsp3) is 0.421. The molecule has 0 unspecified atom stereocenters. The van der Waals surface area contributed by atoms with E-state index in [9.17, 15) is 9.18 Å². The first-order valence-electron chi connectivity index (χ1n) is 8.44. The lowest BCUT2D eigenvalue weighted by molar-refractivity contribution is -0.132. The van der Waals surface area contributed by atoms with Crippen LogP contribution in [0, 0.1) is 5.82 Å². The van der Waals surface area contributed by atoms with Crippen LogP contribution in [0.5, 0.6) is 0 Å². The lowest BCUT2D eigenvalue weighted by atomic mass is 9.93. The van der Waals surface area contributed by atoms with Gasteiger partial charge in [-0.2, -0.15) is 0 Å². The molecule has 3 rings (SSSR count). The molecular weight excluding hydrogens is 323 g/mol. The number of rotatable bonds is 5. The normalized spacial score (nSPS) is 18.3. The van der Waals surface area contributed by atoms with Gasteiger partial charge in [-0.1, -0.05) is 19.1 Å². The minimum atomic E-state index is -0.253. The number of nitrogens with one attached hydrogen (secondary N) is 1. The van der Waals surface area contributed by atoms with Crippen molar-refractivity contribution < 1.29 is 9.18 Å². The molecule has 2 aromatic rings. The summed E-state index contributed by atoms with van der Waals surface area (Å²) in [5, 5.41) is 5.36. The van der Waals surface area contributed by atoms with Crippen LogP contribution in [0.25, 0.3) is 0 Å². The first-order chi connectivity index (χ1) is 11.6. The second-order valence-corrected chi connectivity index (χ2v) is 7.28. The molecule has 0 spiro atoms. The van der Waals surface area contributed by atoms with Crippen molar-refractivity contribution in [3.63, 3.8) is 0 Å². The molecule has 128 valence electrons. The third kappa shape index (κ3) is 3.52. The van der Waals surface area contributed by atoms with Crippen molar-refractivity contribution in [3.8, 4) is 0 Å². The molecule has 1 aromatic heterocycles. The van der Waals surface area contributed by atoms with Gasteiger partial charge in [0.25, 0.3) is 0 Å². The van der Waals surface area contributed by atoms with Crippen LogP contribution < -0.4 is 5.32 Å². The number of amides is 1. The zero-order valence-electron chi connectivity index (χ0n) is 14.1. The van der Waals surface area contributed by atoms with E-state index in [1.54, 1.807) is 23.5 Å². The van der Waals surface area contributed by atoms with Gasteiger partial charge in [-0.05, 0) is 54.5 Å². The quantitative estimate of drug-likeness (QED) is 0.894. The third-order valence-corrected chi connectivity index (χ3v) is 5.68. The highest BCUT2D eigenvalue weighted by atomic mass is 32.1. The fourth-order valence-electron chi connectivity index (χ4n) is 3.10. The highest BCUT2D eigenvalue weighted by Crippen LogP contribution is 2.37. The van der Waals surface area contributed by atoms with Gasteiger partial charge >= 0.3 is 0 Å². The number of thiophene rings is 1. The molecule has 1 aliphatic rings. The van der Waals surface area contributed by atoms with Crippen molar-refractivity contribution in [1.29, 1.82) is 0 Å². The third-order valence-electron chi connectivity index (χ3n) is 4.69. The van der Waals surface area contributed by atoms with Crippen LogP contribution in [-0.2, 0) is 11.2 Å². The zero-order valence-corrected chi connectivity index (χ0v) is 14.9. The van der Waals surface area contributed by atoms with E-state index in [-0.39, 0.29) is 17.8 Å². The number of carbonyl (C=O) groups is 1. The molecule has 2 heterocycles. The largest absolute Gasteiger partial charge is 0.330 e. The first-order valence-corrected chi connectivity index (χ1v) is 9.32. The lowest BCUT2D eigenvalue weighted by Gasteiger charge is -2.36. The number of benzene rings is 1. The molecule has 0 fully saturated rings. The van der Waals surface area contributed by atoms with Crippen LogP contribution in [0.1, 0.15) is 42.3 Å². The van der Waals surface area contributed by atoms with E-state index >= 15 is 0 Å². The number of hydrogen-bond acceptors (Lipinski definition) is 3. The molecule has 5 heteroatoms. The van der Waals surface area contributed by atoms with E-state index in [0.717, 1.165) is 18.4 Å². The van der Waals surface area contributed by atoms with Crippen LogP contribution in [0.3, 0.4) is 0 Å². The summed E-state index contributed by atoms with van der Waals surface area (Å²) in [5.74, 6) is -0.155. The Morgan fingerprint density at radius 2 is 2.12 bits per heavy atom. The second kappa shape index (κ2) is 7.45. The second-order valence-electron chi connectivity index (χ2n) is 6.28. The van der Waals surface area contributed by atoms with Crippen molar-refractivity contribution >= 4 is 17.2 Å². The summed E-state index contributed by atoms with van der Waals surface area (Å²) in [5.41, 5.74) is 2.14. The van der Waals surface area contributed by atoms with E-state index in [1.165, 1.54) is 22.6 Å². The first kappa shape index (κ1) is 17.1. The van der Waals surface area contributed by atoms with E-state index in [2.05, 4.69) is 30.6 Å². The van der Waals surface area contributed by atoms with Gasteiger partial charge in [-0.15, -0.1) is 11.3 Å². The maximum absolute atomic E-state index is 13.3. The summed E-state index contributed by atoms with van der Waals surface area (Å²) < 4.78 is 13.3. The van der Waals surface area contributed by atoms with Crippen LogP contribution in [-0.4, -0.2) is 29.9 Å². The van der Waals surface area contributed by atoms with Gasteiger partial charge in [-0.25, -0.2) is 4.39 Å². The van der Waals surface area contributed by atoms with E-state index in [4.69, 9.17) is 0 Å². The Bertz CT molecular complexity index is 698. The minimum Gasteiger partial charge on any atom is -0.330 e. The molecule has 0 radical (unpaired) electrons. The van der Waals surface area contributed by atoms with Gasteiger partial charge in [0.2, 0.25) is 5.91 Å². The number of fused-ring (bicyclic) bond motifs is 1. The van der Waals surface area contributed by atoms with Gasteiger partial charge in [0, 0.05) is 17.5 Å². The maximum atomic E-state index is 13.3. The molecule has 1 amide bonds. The molecule has 24 heavy (non-hydrogen) atoms. The van der Waals surface area contributed by atoms with Crippen LogP contribution in [0.15, 0.2) is 35.7 Å². The Morgan fingerprint density at radius 3 is 2.83 bits per heavy atom. The highest BCUT2D eigenvalue weighted by molar-refractivity contribution is 7.10. The Balaban J connectivity index is 1.87. The summed E-state index contributed by atoms with van der Waals surface area (Å²) in [6.07, 6.45) is 1.88. The average molecular weight is 346 g/mol. The van der Waals surface area contributed by atoms with E-state index < -0.39 is 0 Å². The van der Waals surface area contributed by atoms with Crippen molar-refractivity contribution in [2.24, 2.45) is 0 Å². The predicted octanol–water partition coefficient (Wildman–Crippen LogP) is 3.75. The standard InChI is InChI=1S/C19H23FN2OS/c1-3-13(2)21-12-18(23)22-10-8-17-16(9-11-24-17)19(22)14-4-6-15(20)7-5-14/h4-7,9,11,13,19,21H,3,8,10,12H2,1-2H3/t13-,19-/m1/s1. The van der Waals surface area contributed by atoms with Crippen LogP contribution in [0.2, 0.25) is 0 Å². The van der Waals surface area contributed by atoms with Crippen LogP contribution >= 0.6 is 11.3 Å². The number of hydrogen-bond donors (Lipinski definition) is 1. The van der Waals surface area contributed by atoms with Crippen molar-refractivity contribution in [2.75, 3.05) is 13.1 Å². The highest BCUT2D eigenvalue weighted by Gasteiger charge is 2.32. The van der Waals surface area contributed by atoms with Gasteiger partial charge in [0.1, 0.15) is 5.82 Å². The maximum Gasteiger partial charge on any atom is 0.237 e. The molecule has 1 N–H and O–H groups in total. The summed E-state index contributed by atoms with van der Waals surface area (Å²) in [4.78, 5) is 16.0. The summed E-state index contributed by atoms with van der Waals surface area (Å²) in [6, 6.07) is 8.80. The Morgan fingerprint density at radius 1 is 1.38 bits per heavy atom. The van der Waals surface area contributed by atoms with E-state index in [0.29, 0.717) is 19.1 Å². The molecular formula is C19H23FN2OS. The monoisotopic (exact) mass is 346 g/mol. The molecule has 2 atom stereocenters. The molecule has 3 nitrogen and oxygen atoms in total. The summed E-state index contributed by atoms with van der Waals surface area (Å²) >= 11 is 1.73. The lowest BCUT2D eigenvalue weighted by Crippen LogP contribution is -2.45. The molecule has 1 aliphatic heterocycles. The van der Waals surface area contributed by atoms with E-state index in [1.807, 2.05) is 4.90 Å². The van der Waals surface area contributed by atoms with Crippen molar-refractivity contribution in [3.05, 3.63) is 57.5 Å². The topological polar surface area (TPSA) is 32.3 Å². The minimum absolute atomic E-state index is 0.0986. The van der Waals surface area contributed by atoms with Crippen LogP contribution in [0.4, 0.5) is 4.39 Å². The molecule has 1 aromatic carbocycles. The Labute approximate surface area is 146 Å². The van der Waals surface area contributed by atoms with Crippen molar-refractivity contribution in [2.45, 2.75) is 38.8 Å².